The van der Waals surface area contributed by atoms with Crippen molar-refractivity contribution in [2.45, 2.75) is 11.3 Å². The average molecular weight is 398 g/mol. The van der Waals surface area contributed by atoms with Crippen LogP contribution in [0.15, 0.2) is 57.8 Å². The first-order chi connectivity index (χ1) is 11.9. The molecule has 9 heteroatoms. The first kappa shape index (κ1) is 17.9. The van der Waals surface area contributed by atoms with Crippen LogP contribution < -0.4 is 4.72 Å². The molecule has 0 spiro atoms. The minimum absolute atomic E-state index is 0.104. The molecule has 3 aromatic rings. The van der Waals surface area contributed by atoms with Crippen LogP contribution >= 0.6 is 23.2 Å². The van der Waals surface area contributed by atoms with Crippen LogP contribution in [0.3, 0.4) is 0 Å². The number of rotatable bonds is 6. The molecule has 2 aromatic carbocycles. The fraction of sp³-hybridized carbons (Fsp3) is 0.125. The molecule has 1 N–H and O–H groups in total. The second-order valence-electron chi connectivity index (χ2n) is 5.11. The molecule has 25 heavy (non-hydrogen) atoms. The molecule has 0 fully saturated rings. The quantitative estimate of drug-likeness (QED) is 0.686. The van der Waals surface area contributed by atoms with Gasteiger partial charge in [-0.15, -0.1) is 10.2 Å². The van der Waals surface area contributed by atoms with Crippen molar-refractivity contribution in [2.75, 3.05) is 6.54 Å². The summed E-state index contributed by atoms with van der Waals surface area (Å²) in [5.74, 6) is 0.683. The van der Waals surface area contributed by atoms with Gasteiger partial charge in [0.05, 0.1) is 4.90 Å². The maximum Gasteiger partial charge on any atom is 0.247 e. The van der Waals surface area contributed by atoms with Crippen molar-refractivity contribution in [3.8, 4) is 11.5 Å². The lowest BCUT2D eigenvalue weighted by Gasteiger charge is -2.05. The molecule has 0 aliphatic rings. The first-order valence-corrected chi connectivity index (χ1v) is 9.51. The minimum Gasteiger partial charge on any atom is -0.421 e. The number of halogens is 2. The molecular formula is C16H13Cl2N3O3S. The van der Waals surface area contributed by atoms with Crippen molar-refractivity contribution in [3.63, 3.8) is 0 Å². The Balaban J connectivity index is 1.62. The third-order valence-electron chi connectivity index (χ3n) is 3.30. The van der Waals surface area contributed by atoms with Gasteiger partial charge in [0.15, 0.2) is 0 Å². The van der Waals surface area contributed by atoms with E-state index in [1.807, 2.05) is 0 Å². The summed E-state index contributed by atoms with van der Waals surface area (Å²) in [5, 5.41) is 8.83. The molecule has 6 nitrogen and oxygen atoms in total. The molecule has 1 heterocycles. The Labute approximate surface area is 154 Å². The highest BCUT2D eigenvalue weighted by Gasteiger charge is 2.15. The summed E-state index contributed by atoms with van der Waals surface area (Å²) >= 11 is 11.7. The Hall–Kier alpha value is -1.93. The lowest BCUT2D eigenvalue weighted by molar-refractivity contribution is 0.502. The summed E-state index contributed by atoms with van der Waals surface area (Å²) < 4.78 is 32.4. The van der Waals surface area contributed by atoms with E-state index < -0.39 is 10.0 Å². The SMILES string of the molecule is O=S(=O)(NCCc1nnc(-c2ccc(Cl)cc2)o1)c1cccc(Cl)c1. The van der Waals surface area contributed by atoms with Crippen molar-refractivity contribution in [1.29, 1.82) is 0 Å². The predicted octanol–water partition coefficient (Wildman–Crippen LogP) is 3.56. The van der Waals surface area contributed by atoms with E-state index in [2.05, 4.69) is 14.9 Å². The Morgan fingerprint density at radius 3 is 2.48 bits per heavy atom. The molecule has 0 amide bonds. The van der Waals surface area contributed by atoms with Crippen LogP contribution in [0.1, 0.15) is 5.89 Å². The van der Waals surface area contributed by atoms with E-state index in [4.69, 9.17) is 27.6 Å². The standard InChI is InChI=1S/C16H13Cl2N3O3S/c17-12-6-4-11(5-7-12)16-21-20-15(24-16)8-9-19-25(22,23)14-3-1-2-13(18)10-14/h1-7,10,19H,8-9H2. The number of nitrogens with zero attached hydrogens (tertiary/aromatic N) is 2. The Bertz CT molecular complexity index is 972. The number of benzene rings is 2. The van der Waals surface area contributed by atoms with Crippen LogP contribution in [-0.4, -0.2) is 25.2 Å². The second-order valence-corrected chi connectivity index (χ2v) is 7.75. The maximum atomic E-state index is 12.2. The molecule has 0 unspecified atom stereocenters. The van der Waals surface area contributed by atoms with Gasteiger partial charge in [-0.25, -0.2) is 13.1 Å². The fourth-order valence-electron chi connectivity index (χ4n) is 2.07. The minimum atomic E-state index is -3.64. The molecule has 0 saturated carbocycles. The van der Waals surface area contributed by atoms with Gasteiger partial charge in [0.25, 0.3) is 0 Å². The highest BCUT2D eigenvalue weighted by atomic mass is 35.5. The van der Waals surface area contributed by atoms with Crippen LogP contribution in [0.5, 0.6) is 0 Å². The van der Waals surface area contributed by atoms with Gasteiger partial charge in [-0.2, -0.15) is 0 Å². The summed E-state index contributed by atoms with van der Waals surface area (Å²) in [5.41, 5.74) is 0.739. The monoisotopic (exact) mass is 397 g/mol. The molecule has 0 atom stereocenters. The third-order valence-corrected chi connectivity index (χ3v) is 5.24. The number of nitrogens with one attached hydrogen (secondary N) is 1. The number of sulfonamides is 1. The fourth-order valence-corrected chi connectivity index (χ4v) is 3.53. The van der Waals surface area contributed by atoms with E-state index in [1.165, 1.54) is 12.1 Å². The zero-order valence-corrected chi connectivity index (χ0v) is 15.1. The van der Waals surface area contributed by atoms with E-state index >= 15 is 0 Å². The summed E-state index contributed by atoms with van der Waals surface area (Å²) in [4.78, 5) is 0.104. The van der Waals surface area contributed by atoms with Gasteiger partial charge < -0.3 is 4.42 Å². The number of aromatic nitrogens is 2. The van der Waals surface area contributed by atoms with Crippen LogP contribution in [0.4, 0.5) is 0 Å². The molecular weight excluding hydrogens is 385 g/mol. The van der Waals surface area contributed by atoms with Crippen molar-refractivity contribution in [3.05, 3.63) is 64.5 Å². The van der Waals surface area contributed by atoms with Gasteiger partial charge in [0.1, 0.15) is 0 Å². The zero-order valence-electron chi connectivity index (χ0n) is 12.8. The van der Waals surface area contributed by atoms with Gasteiger partial charge >= 0.3 is 0 Å². The molecule has 0 saturated heterocycles. The summed E-state index contributed by atoms with van der Waals surface area (Å²) in [6.45, 7) is 0.122. The Morgan fingerprint density at radius 1 is 1.00 bits per heavy atom. The molecule has 1 aromatic heterocycles. The molecule has 0 aliphatic heterocycles. The summed E-state index contributed by atoms with van der Waals surface area (Å²) in [6, 6.07) is 13.0. The molecule has 3 rings (SSSR count). The van der Waals surface area contributed by atoms with E-state index in [0.29, 0.717) is 21.8 Å². The van der Waals surface area contributed by atoms with E-state index in [9.17, 15) is 8.42 Å². The predicted molar refractivity (Wildman–Crippen MR) is 95.1 cm³/mol. The molecule has 0 radical (unpaired) electrons. The van der Waals surface area contributed by atoms with E-state index in [-0.39, 0.29) is 17.9 Å². The van der Waals surface area contributed by atoms with E-state index in [0.717, 1.165) is 5.56 Å². The molecule has 0 bridgehead atoms. The van der Waals surface area contributed by atoms with Gasteiger partial charge in [-0.05, 0) is 42.5 Å². The van der Waals surface area contributed by atoms with Gasteiger partial charge in [-0.3, -0.25) is 0 Å². The highest BCUT2D eigenvalue weighted by Crippen LogP contribution is 2.20. The second kappa shape index (κ2) is 7.53. The Kier molecular flexibility index (Phi) is 5.39. The Morgan fingerprint density at radius 2 is 1.76 bits per heavy atom. The van der Waals surface area contributed by atoms with Crippen LogP contribution in [0.25, 0.3) is 11.5 Å². The van der Waals surface area contributed by atoms with Crippen molar-refractivity contribution >= 4 is 33.2 Å². The number of hydrogen-bond acceptors (Lipinski definition) is 5. The zero-order chi connectivity index (χ0) is 17.9. The number of hydrogen-bond donors (Lipinski definition) is 1. The maximum absolute atomic E-state index is 12.2. The molecule has 130 valence electrons. The summed E-state index contributed by atoms with van der Waals surface area (Å²) in [6.07, 6.45) is 0.264. The molecule has 0 aliphatic carbocycles. The average Bonchev–Trinajstić information content (AvgIpc) is 3.04. The highest BCUT2D eigenvalue weighted by molar-refractivity contribution is 7.89. The lowest BCUT2D eigenvalue weighted by atomic mass is 10.2. The lowest BCUT2D eigenvalue weighted by Crippen LogP contribution is -2.26. The van der Waals surface area contributed by atoms with Crippen molar-refractivity contribution in [1.82, 2.24) is 14.9 Å². The normalized spacial score (nSPS) is 11.6. The van der Waals surface area contributed by atoms with E-state index in [1.54, 1.807) is 36.4 Å². The van der Waals surface area contributed by atoms with Crippen LogP contribution in [0.2, 0.25) is 10.0 Å². The third kappa shape index (κ3) is 4.58. The van der Waals surface area contributed by atoms with Crippen molar-refractivity contribution < 1.29 is 12.8 Å². The van der Waals surface area contributed by atoms with Crippen molar-refractivity contribution in [2.24, 2.45) is 0 Å². The topological polar surface area (TPSA) is 85.1 Å². The summed E-state index contributed by atoms with van der Waals surface area (Å²) in [7, 11) is -3.64. The van der Waals surface area contributed by atoms with Gasteiger partial charge in [0.2, 0.25) is 21.8 Å². The van der Waals surface area contributed by atoms with Gasteiger partial charge in [0, 0.05) is 28.6 Å². The van der Waals surface area contributed by atoms with Crippen LogP contribution in [-0.2, 0) is 16.4 Å². The smallest absolute Gasteiger partial charge is 0.247 e. The first-order valence-electron chi connectivity index (χ1n) is 7.27. The largest absolute Gasteiger partial charge is 0.421 e. The van der Waals surface area contributed by atoms with Gasteiger partial charge in [-0.1, -0.05) is 29.3 Å². The van der Waals surface area contributed by atoms with Crippen LogP contribution in [0, 0.1) is 0 Å².